The summed E-state index contributed by atoms with van der Waals surface area (Å²) in [5.41, 5.74) is 2.70. The van der Waals surface area contributed by atoms with E-state index in [0.29, 0.717) is 12.3 Å². The predicted molar refractivity (Wildman–Crippen MR) is 75.5 cm³/mol. The van der Waals surface area contributed by atoms with E-state index in [9.17, 15) is 5.11 Å². The molecule has 2 aromatic rings. The second kappa shape index (κ2) is 5.75. The summed E-state index contributed by atoms with van der Waals surface area (Å²) in [5.74, 6) is 1.55. The van der Waals surface area contributed by atoms with E-state index in [0.717, 1.165) is 31.5 Å². The molecule has 4 nitrogen and oxygen atoms in total. The van der Waals surface area contributed by atoms with Crippen LogP contribution in [0.15, 0.2) is 28.8 Å². The first-order valence-electron chi connectivity index (χ1n) is 7.36. The second-order valence-electron chi connectivity index (χ2n) is 5.48. The maximum absolute atomic E-state index is 9.81. The van der Waals surface area contributed by atoms with Crippen LogP contribution in [-0.4, -0.2) is 21.4 Å². The molecule has 1 aliphatic rings. The van der Waals surface area contributed by atoms with Gasteiger partial charge in [-0.05, 0) is 30.4 Å². The summed E-state index contributed by atoms with van der Waals surface area (Å²) < 4.78 is 5.29. The van der Waals surface area contributed by atoms with Gasteiger partial charge in [-0.1, -0.05) is 42.8 Å². The van der Waals surface area contributed by atoms with Gasteiger partial charge in [-0.2, -0.15) is 4.98 Å². The average Bonchev–Trinajstić information content (AvgIpc) is 3.05. The molecule has 0 fully saturated rings. The van der Waals surface area contributed by atoms with Gasteiger partial charge in [0.05, 0.1) is 12.5 Å². The maximum atomic E-state index is 9.81. The summed E-state index contributed by atoms with van der Waals surface area (Å²) >= 11 is 0. The Morgan fingerprint density at radius 1 is 1.40 bits per heavy atom. The van der Waals surface area contributed by atoms with Crippen molar-refractivity contribution in [2.75, 3.05) is 0 Å². The quantitative estimate of drug-likeness (QED) is 0.909. The van der Waals surface area contributed by atoms with E-state index in [1.807, 2.05) is 0 Å². The van der Waals surface area contributed by atoms with Crippen molar-refractivity contribution >= 4 is 0 Å². The highest BCUT2D eigenvalue weighted by molar-refractivity contribution is 5.38. The SMILES string of the molecule is CCCC(O)Cc1nc(C2CCc3ccccc32)no1. The van der Waals surface area contributed by atoms with Crippen LogP contribution in [0.3, 0.4) is 0 Å². The van der Waals surface area contributed by atoms with E-state index >= 15 is 0 Å². The minimum Gasteiger partial charge on any atom is -0.393 e. The van der Waals surface area contributed by atoms with Crippen molar-refractivity contribution in [1.82, 2.24) is 10.1 Å². The van der Waals surface area contributed by atoms with Gasteiger partial charge in [0.2, 0.25) is 5.89 Å². The third kappa shape index (κ3) is 2.61. The van der Waals surface area contributed by atoms with Gasteiger partial charge >= 0.3 is 0 Å². The van der Waals surface area contributed by atoms with Crippen molar-refractivity contribution in [3.05, 3.63) is 47.1 Å². The highest BCUT2D eigenvalue weighted by atomic mass is 16.5. The summed E-state index contributed by atoms with van der Waals surface area (Å²) in [4.78, 5) is 4.48. The number of hydrogen-bond acceptors (Lipinski definition) is 4. The van der Waals surface area contributed by atoms with E-state index in [1.54, 1.807) is 0 Å². The minimum atomic E-state index is -0.385. The molecular formula is C16H20N2O2. The summed E-state index contributed by atoms with van der Waals surface area (Å²) in [6.45, 7) is 2.05. The van der Waals surface area contributed by atoms with Gasteiger partial charge in [-0.15, -0.1) is 0 Å². The van der Waals surface area contributed by atoms with Crippen LogP contribution in [0.1, 0.15) is 54.9 Å². The van der Waals surface area contributed by atoms with Crippen molar-refractivity contribution in [1.29, 1.82) is 0 Å². The molecule has 1 aromatic carbocycles. The average molecular weight is 272 g/mol. The Kier molecular flexibility index (Phi) is 3.83. The summed E-state index contributed by atoms with van der Waals surface area (Å²) in [5, 5.41) is 13.9. The van der Waals surface area contributed by atoms with Crippen LogP contribution < -0.4 is 0 Å². The molecule has 0 saturated carbocycles. The topological polar surface area (TPSA) is 59.2 Å². The van der Waals surface area contributed by atoms with Crippen molar-refractivity contribution in [2.45, 2.75) is 51.0 Å². The van der Waals surface area contributed by atoms with Gasteiger partial charge in [0.15, 0.2) is 5.82 Å². The van der Waals surface area contributed by atoms with Crippen LogP contribution >= 0.6 is 0 Å². The minimum absolute atomic E-state index is 0.243. The Morgan fingerprint density at radius 3 is 3.10 bits per heavy atom. The van der Waals surface area contributed by atoms with Gasteiger partial charge in [-0.3, -0.25) is 0 Å². The first kappa shape index (κ1) is 13.3. The molecule has 3 rings (SSSR count). The summed E-state index contributed by atoms with van der Waals surface area (Å²) in [6.07, 6.45) is 3.90. The number of aliphatic hydroxyl groups is 1. The van der Waals surface area contributed by atoms with Crippen LogP contribution in [0.2, 0.25) is 0 Å². The van der Waals surface area contributed by atoms with Gasteiger partial charge in [0.1, 0.15) is 0 Å². The van der Waals surface area contributed by atoms with Crippen molar-refractivity contribution < 1.29 is 9.63 Å². The molecule has 1 N–H and O–H groups in total. The number of aromatic nitrogens is 2. The molecule has 106 valence electrons. The van der Waals surface area contributed by atoms with Gasteiger partial charge in [0.25, 0.3) is 0 Å². The van der Waals surface area contributed by atoms with Crippen LogP contribution in [0.4, 0.5) is 0 Å². The Morgan fingerprint density at radius 2 is 2.25 bits per heavy atom. The molecular weight excluding hydrogens is 252 g/mol. The van der Waals surface area contributed by atoms with Crippen LogP contribution in [0, 0.1) is 0 Å². The number of hydrogen-bond donors (Lipinski definition) is 1. The fraction of sp³-hybridized carbons (Fsp3) is 0.500. The molecule has 0 radical (unpaired) electrons. The number of fused-ring (bicyclic) bond motifs is 1. The van der Waals surface area contributed by atoms with Crippen LogP contribution in [0.25, 0.3) is 0 Å². The van der Waals surface area contributed by atoms with Gasteiger partial charge in [-0.25, -0.2) is 0 Å². The zero-order valence-electron chi connectivity index (χ0n) is 11.7. The fourth-order valence-electron chi connectivity index (χ4n) is 2.95. The Balaban J connectivity index is 1.75. The fourth-order valence-corrected chi connectivity index (χ4v) is 2.95. The lowest BCUT2D eigenvalue weighted by atomic mass is 10.0. The number of rotatable bonds is 5. The lowest BCUT2D eigenvalue weighted by molar-refractivity contribution is 0.151. The Hall–Kier alpha value is -1.68. The maximum Gasteiger partial charge on any atom is 0.229 e. The molecule has 4 heteroatoms. The van der Waals surface area contributed by atoms with Gasteiger partial charge < -0.3 is 9.63 Å². The molecule has 0 saturated heterocycles. The lowest BCUT2D eigenvalue weighted by Crippen LogP contribution is -2.10. The molecule has 1 heterocycles. The smallest absolute Gasteiger partial charge is 0.229 e. The molecule has 2 atom stereocenters. The lowest BCUT2D eigenvalue weighted by Gasteiger charge is -2.06. The normalized spacial score (nSPS) is 19.0. The summed E-state index contributed by atoms with van der Waals surface area (Å²) in [7, 11) is 0. The second-order valence-corrected chi connectivity index (χ2v) is 5.48. The van der Waals surface area contributed by atoms with E-state index < -0.39 is 0 Å². The highest BCUT2D eigenvalue weighted by Crippen LogP contribution is 2.36. The summed E-state index contributed by atoms with van der Waals surface area (Å²) in [6, 6.07) is 8.45. The molecule has 0 amide bonds. The van der Waals surface area contributed by atoms with E-state index in [4.69, 9.17) is 4.52 Å². The first-order valence-corrected chi connectivity index (χ1v) is 7.36. The third-order valence-electron chi connectivity index (χ3n) is 3.96. The van der Waals surface area contributed by atoms with E-state index in [-0.39, 0.29) is 12.0 Å². The molecule has 20 heavy (non-hydrogen) atoms. The number of aliphatic hydroxyl groups excluding tert-OH is 1. The highest BCUT2D eigenvalue weighted by Gasteiger charge is 2.27. The molecule has 0 bridgehead atoms. The molecule has 0 spiro atoms. The predicted octanol–water partition coefficient (Wildman–Crippen LogP) is 2.85. The monoisotopic (exact) mass is 272 g/mol. The first-order chi connectivity index (χ1) is 9.78. The third-order valence-corrected chi connectivity index (χ3v) is 3.96. The molecule has 1 aromatic heterocycles. The van der Waals surface area contributed by atoms with Crippen molar-refractivity contribution in [3.63, 3.8) is 0 Å². The number of benzene rings is 1. The molecule has 1 aliphatic carbocycles. The van der Waals surface area contributed by atoms with E-state index in [2.05, 4.69) is 41.3 Å². The van der Waals surface area contributed by atoms with Crippen molar-refractivity contribution in [3.8, 4) is 0 Å². The Bertz CT molecular complexity index is 579. The zero-order chi connectivity index (χ0) is 13.9. The Labute approximate surface area is 118 Å². The number of nitrogens with zero attached hydrogens (tertiary/aromatic N) is 2. The number of aryl methyl sites for hydroxylation is 1. The standard InChI is InChI=1S/C16H20N2O2/c1-2-5-12(19)10-15-17-16(18-20-15)14-9-8-11-6-3-4-7-13(11)14/h3-4,6-7,12,14,19H,2,5,8-10H2,1H3. The largest absolute Gasteiger partial charge is 0.393 e. The molecule has 2 unspecified atom stereocenters. The molecule has 0 aliphatic heterocycles. The van der Waals surface area contributed by atoms with Crippen molar-refractivity contribution in [2.24, 2.45) is 0 Å². The van der Waals surface area contributed by atoms with Crippen LogP contribution in [-0.2, 0) is 12.8 Å². The zero-order valence-corrected chi connectivity index (χ0v) is 11.7. The van der Waals surface area contributed by atoms with Crippen LogP contribution in [0.5, 0.6) is 0 Å². The van der Waals surface area contributed by atoms with E-state index in [1.165, 1.54) is 11.1 Å². The van der Waals surface area contributed by atoms with Gasteiger partial charge in [0, 0.05) is 5.92 Å².